The van der Waals surface area contributed by atoms with E-state index < -0.39 is 0 Å². The lowest BCUT2D eigenvalue weighted by Crippen LogP contribution is -2.55. The van der Waals surface area contributed by atoms with E-state index in [9.17, 15) is 9.59 Å². The number of piperidine rings is 1. The van der Waals surface area contributed by atoms with Gasteiger partial charge in [-0.25, -0.2) is 9.48 Å². The van der Waals surface area contributed by atoms with Gasteiger partial charge in [0.1, 0.15) is 5.82 Å². The van der Waals surface area contributed by atoms with Gasteiger partial charge in [-0.05, 0) is 25.0 Å². The summed E-state index contributed by atoms with van der Waals surface area (Å²) in [6, 6.07) is 8.85. The number of methoxy groups -OCH3 is 1. The fraction of sp³-hybridized carbons (Fsp3) is 0.450. The van der Waals surface area contributed by atoms with Gasteiger partial charge in [0, 0.05) is 26.3 Å². The number of nitrogens with zero attached hydrogens (tertiary/aromatic N) is 4. The number of fused-ring (bicyclic) bond motifs is 2. The lowest BCUT2D eigenvalue weighted by molar-refractivity contribution is -0.123. The van der Waals surface area contributed by atoms with Crippen LogP contribution in [0.3, 0.4) is 0 Å². The minimum Gasteiger partial charge on any atom is -0.383 e. The van der Waals surface area contributed by atoms with E-state index >= 15 is 0 Å². The molecular weight excluding hydrogens is 394 g/mol. The summed E-state index contributed by atoms with van der Waals surface area (Å²) in [6.07, 6.45) is 3.44. The lowest BCUT2D eigenvalue weighted by atomic mass is 9.82. The molecular formula is C20H24ClN5O3. The number of rotatable bonds is 4. The first-order chi connectivity index (χ1) is 14.0. The molecule has 1 saturated heterocycles. The van der Waals surface area contributed by atoms with Crippen LogP contribution in [0.25, 0.3) is 0 Å². The molecule has 3 amide bonds. The second-order valence-electron chi connectivity index (χ2n) is 7.44. The zero-order chi connectivity index (χ0) is 20.4. The quantitative estimate of drug-likeness (QED) is 0.829. The highest BCUT2D eigenvalue weighted by Crippen LogP contribution is 2.40. The zero-order valence-corrected chi connectivity index (χ0v) is 17.1. The number of urea groups is 1. The number of hydrogen-bond donors (Lipinski definition) is 1. The van der Waals surface area contributed by atoms with E-state index in [4.69, 9.17) is 16.3 Å². The van der Waals surface area contributed by atoms with Crippen LogP contribution >= 0.6 is 11.6 Å². The third-order valence-corrected chi connectivity index (χ3v) is 6.08. The number of likely N-dealkylation sites (tertiary alicyclic amines) is 1. The topological polar surface area (TPSA) is 79.7 Å². The SMILES string of the molecule is COCCN1C(=O)CC2(CCN(C(=O)Nc3ccccc3Cl)CC2)n2nccc21. The molecule has 1 aromatic heterocycles. The Morgan fingerprint density at radius 1 is 1.28 bits per heavy atom. The number of nitrogens with one attached hydrogen (secondary N) is 1. The summed E-state index contributed by atoms with van der Waals surface area (Å²) in [5.74, 6) is 0.872. The summed E-state index contributed by atoms with van der Waals surface area (Å²) in [5, 5.41) is 7.89. The van der Waals surface area contributed by atoms with Gasteiger partial charge in [-0.3, -0.25) is 9.69 Å². The minimum atomic E-state index is -0.388. The van der Waals surface area contributed by atoms with Crippen LogP contribution in [0.4, 0.5) is 16.3 Å². The predicted octanol–water partition coefficient (Wildman–Crippen LogP) is 2.94. The molecule has 154 valence electrons. The summed E-state index contributed by atoms with van der Waals surface area (Å²) in [5.41, 5.74) is 0.205. The Balaban J connectivity index is 1.46. The Bertz CT molecular complexity index is 907. The molecule has 9 heteroatoms. The van der Waals surface area contributed by atoms with Gasteiger partial charge in [-0.15, -0.1) is 0 Å². The molecule has 2 aliphatic rings. The van der Waals surface area contributed by atoms with Gasteiger partial charge in [-0.2, -0.15) is 5.10 Å². The number of ether oxygens (including phenoxy) is 1. The number of carbonyl (C=O) groups is 2. The molecule has 1 N–H and O–H groups in total. The highest BCUT2D eigenvalue weighted by atomic mass is 35.5. The van der Waals surface area contributed by atoms with Crippen LogP contribution in [0.5, 0.6) is 0 Å². The number of anilines is 2. The van der Waals surface area contributed by atoms with Gasteiger partial charge in [0.05, 0.1) is 42.0 Å². The smallest absolute Gasteiger partial charge is 0.321 e. The Labute approximate surface area is 174 Å². The summed E-state index contributed by atoms with van der Waals surface area (Å²) in [7, 11) is 1.62. The van der Waals surface area contributed by atoms with Gasteiger partial charge in [0.15, 0.2) is 0 Å². The first kappa shape index (κ1) is 19.7. The second kappa shape index (κ2) is 8.04. The summed E-state index contributed by atoms with van der Waals surface area (Å²) in [6.45, 7) is 2.06. The molecule has 4 rings (SSSR count). The number of benzene rings is 1. The number of hydrogen-bond acceptors (Lipinski definition) is 4. The maximum Gasteiger partial charge on any atom is 0.321 e. The average molecular weight is 418 g/mol. The van der Waals surface area contributed by atoms with E-state index in [-0.39, 0.29) is 17.5 Å². The number of carbonyl (C=O) groups excluding carboxylic acids is 2. The molecule has 0 radical (unpaired) electrons. The molecule has 0 saturated carbocycles. The molecule has 1 spiro atoms. The highest BCUT2D eigenvalue weighted by Gasteiger charge is 2.46. The standard InChI is InChI=1S/C20H24ClN5O3/c1-29-13-12-25-17-6-9-22-26(17)20(14-18(25)27)7-10-24(11-8-20)19(28)23-16-5-3-2-4-15(16)21/h2-6,9H,7-8,10-14H2,1H3,(H,23,28). The van der Waals surface area contributed by atoms with E-state index in [1.807, 2.05) is 22.9 Å². The van der Waals surface area contributed by atoms with E-state index in [0.717, 1.165) is 5.82 Å². The van der Waals surface area contributed by atoms with Crippen LogP contribution in [0.2, 0.25) is 5.02 Å². The van der Waals surface area contributed by atoms with Crippen LogP contribution in [0.15, 0.2) is 36.5 Å². The average Bonchev–Trinajstić information content (AvgIpc) is 3.21. The monoisotopic (exact) mass is 417 g/mol. The summed E-state index contributed by atoms with van der Waals surface area (Å²) in [4.78, 5) is 29.0. The minimum absolute atomic E-state index is 0.0732. The maximum absolute atomic E-state index is 12.9. The molecule has 0 unspecified atom stereocenters. The lowest BCUT2D eigenvalue weighted by Gasteiger charge is -2.46. The van der Waals surface area contributed by atoms with Crippen LogP contribution < -0.4 is 10.2 Å². The van der Waals surface area contributed by atoms with Crippen molar-refractivity contribution in [2.24, 2.45) is 0 Å². The van der Waals surface area contributed by atoms with Crippen molar-refractivity contribution in [3.05, 3.63) is 41.6 Å². The molecule has 1 fully saturated rings. The van der Waals surface area contributed by atoms with E-state index in [2.05, 4.69) is 10.4 Å². The fourth-order valence-corrected chi connectivity index (χ4v) is 4.32. The Hall–Kier alpha value is -2.58. The summed E-state index contributed by atoms with van der Waals surface area (Å²) >= 11 is 6.14. The Morgan fingerprint density at radius 2 is 2.03 bits per heavy atom. The molecule has 29 heavy (non-hydrogen) atoms. The summed E-state index contributed by atoms with van der Waals surface area (Å²) < 4.78 is 7.10. The fourth-order valence-electron chi connectivity index (χ4n) is 4.14. The molecule has 8 nitrogen and oxygen atoms in total. The molecule has 1 aromatic carbocycles. The normalized spacial score (nSPS) is 18.1. The first-order valence-electron chi connectivity index (χ1n) is 9.68. The Morgan fingerprint density at radius 3 is 2.76 bits per heavy atom. The van der Waals surface area contributed by atoms with E-state index in [1.165, 1.54) is 0 Å². The highest BCUT2D eigenvalue weighted by molar-refractivity contribution is 6.33. The van der Waals surface area contributed by atoms with Gasteiger partial charge < -0.3 is 15.0 Å². The van der Waals surface area contributed by atoms with Crippen LogP contribution in [0.1, 0.15) is 19.3 Å². The molecule has 0 aliphatic carbocycles. The van der Waals surface area contributed by atoms with Crippen molar-refractivity contribution >= 4 is 35.0 Å². The third kappa shape index (κ3) is 3.70. The van der Waals surface area contributed by atoms with Gasteiger partial charge in [-0.1, -0.05) is 23.7 Å². The number of amides is 3. The van der Waals surface area contributed by atoms with Gasteiger partial charge in [0.25, 0.3) is 0 Å². The zero-order valence-electron chi connectivity index (χ0n) is 16.3. The van der Waals surface area contributed by atoms with Crippen LogP contribution in [0, 0.1) is 0 Å². The van der Waals surface area contributed by atoms with Crippen molar-refractivity contribution in [2.45, 2.75) is 24.8 Å². The maximum atomic E-state index is 12.9. The van der Waals surface area contributed by atoms with Crippen LogP contribution in [-0.4, -0.2) is 60.0 Å². The molecule has 0 atom stereocenters. The van der Waals surface area contributed by atoms with Crippen molar-refractivity contribution in [3.8, 4) is 0 Å². The van der Waals surface area contributed by atoms with E-state index in [0.29, 0.717) is 56.2 Å². The molecule has 2 aromatic rings. The van der Waals surface area contributed by atoms with Crippen molar-refractivity contribution < 1.29 is 14.3 Å². The Kier molecular flexibility index (Phi) is 5.47. The number of para-hydroxylation sites is 1. The largest absolute Gasteiger partial charge is 0.383 e. The predicted molar refractivity (Wildman–Crippen MR) is 110 cm³/mol. The molecule has 3 heterocycles. The first-order valence-corrected chi connectivity index (χ1v) is 10.1. The van der Waals surface area contributed by atoms with Gasteiger partial charge in [0.2, 0.25) is 5.91 Å². The third-order valence-electron chi connectivity index (χ3n) is 5.75. The molecule has 2 aliphatic heterocycles. The van der Waals surface area contributed by atoms with Crippen molar-refractivity contribution in [1.29, 1.82) is 0 Å². The van der Waals surface area contributed by atoms with Crippen molar-refractivity contribution in [3.63, 3.8) is 0 Å². The molecule has 0 bridgehead atoms. The van der Waals surface area contributed by atoms with Crippen molar-refractivity contribution in [2.75, 3.05) is 43.6 Å². The van der Waals surface area contributed by atoms with Gasteiger partial charge >= 0.3 is 6.03 Å². The van der Waals surface area contributed by atoms with E-state index in [1.54, 1.807) is 35.2 Å². The van der Waals surface area contributed by atoms with Crippen molar-refractivity contribution in [1.82, 2.24) is 14.7 Å². The van der Waals surface area contributed by atoms with Crippen LogP contribution in [-0.2, 0) is 15.1 Å². The second-order valence-corrected chi connectivity index (χ2v) is 7.84. The number of halogens is 1. The number of aromatic nitrogens is 2.